The number of nitrogen functional groups attached to an aromatic ring is 1. The van der Waals surface area contributed by atoms with E-state index in [9.17, 15) is 4.79 Å². The third-order valence-electron chi connectivity index (χ3n) is 2.56. The van der Waals surface area contributed by atoms with Crippen molar-refractivity contribution in [3.05, 3.63) is 6.20 Å². The second-order valence-corrected chi connectivity index (χ2v) is 3.73. The van der Waals surface area contributed by atoms with E-state index < -0.39 is 0 Å². The SMILES string of the molecule is Cl.Cn1cc(N)c(N2CCN(CCO)C2=O)n1. The van der Waals surface area contributed by atoms with Crippen molar-refractivity contribution in [3.63, 3.8) is 0 Å². The molecule has 1 aliphatic heterocycles. The van der Waals surface area contributed by atoms with Gasteiger partial charge in [-0.05, 0) is 0 Å². The molecular weight excluding hydrogens is 246 g/mol. The number of urea groups is 1. The van der Waals surface area contributed by atoms with Gasteiger partial charge in [-0.25, -0.2) is 4.79 Å². The van der Waals surface area contributed by atoms with Crippen LogP contribution in [-0.2, 0) is 7.05 Å². The zero-order valence-electron chi connectivity index (χ0n) is 9.54. The Morgan fingerprint density at radius 3 is 2.76 bits per heavy atom. The molecule has 0 bridgehead atoms. The third-order valence-corrected chi connectivity index (χ3v) is 2.56. The van der Waals surface area contributed by atoms with Crippen LogP contribution in [0.2, 0.25) is 0 Å². The average molecular weight is 262 g/mol. The number of nitrogens with zero attached hydrogens (tertiary/aromatic N) is 4. The fourth-order valence-corrected chi connectivity index (χ4v) is 1.81. The Morgan fingerprint density at radius 2 is 2.24 bits per heavy atom. The van der Waals surface area contributed by atoms with E-state index in [0.29, 0.717) is 31.1 Å². The smallest absolute Gasteiger partial charge is 0.325 e. The van der Waals surface area contributed by atoms with Gasteiger partial charge in [0.15, 0.2) is 5.82 Å². The van der Waals surface area contributed by atoms with E-state index in [0.717, 1.165) is 0 Å². The molecule has 8 heteroatoms. The average Bonchev–Trinajstić information content (AvgIpc) is 2.73. The molecular formula is C9H16ClN5O2. The summed E-state index contributed by atoms with van der Waals surface area (Å²) in [7, 11) is 1.76. The molecule has 17 heavy (non-hydrogen) atoms. The van der Waals surface area contributed by atoms with Gasteiger partial charge in [0.2, 0.25) is 0 Å². The van der Waals surface area contributed by atoms with Gasteiger partial charge in [0.05, 0.1) is 12.3 Å². The zero-order chi connectivity index (χ0) is 11.7. The Bertz CT molecular complexity index is 408. The minimum atomic E-state index is -0.153. The van der Waals surface area contributed by atoms with E-state index in [1.54, 1.807) is 22.8 Å². The van der Waals surface area contributed by atoms with Crippen molar-refractivity contribution in [1.29, 1.82) is 0 Å². The number of aromatic nitrogens is 2. The first-order valence-corrected chi connectivity index (χ1v) is 5.10. The topological polar surface area (TPSA) is 87.6 Å². The number of carbonyl (C=O) groups excluding carboxylic acids is 1. The number of hydrogen-bond acceptors (Lipinski definition) is 4. The largest absolute Gasteiger partial charge is 0.395 e. The quantitative estimate of drug-likeness (QED) is 0.779. The molecule has 1 aliphatic rings. The van der Waals surface area contributed by atoms with Crippen LogP contribution in [0, 0.1) is 0 Å². The highest BCUT2D eigenvalue weighted by Gasteiger charge is 2.31. The van der Waals surface area contributed by atoms with Crippen LogP contribution in [0.4, 0.5) is 16.3 Å². The highest BCUT2D eigenvalue weighted by atomic mass is 35.5. The van der Waals surface area contributed by atoms with E-state index in [1.165, 1.54) is 4.90 Å². The van der Waals surface area contributed by atoms with Gasteiger partial charge < -0.3 is 15.7 Å². The van der Waals surface area contributed by atoms with E-state index in [1.807, 2.05) is 0 Å². The number of hydrogen-bond donors (Lipinski definition) is 2. The van der Waals surface area contributed by atoms with Gasteiger partial charge in [0.1, 0.15) is 0 Å². The Kier molecular flexibility index (Phi) is 4.19. The monoisotopic (exact) mass is 261 g/mol. The summed E-state index contributed by atoms with van der Waals surface area (Å²) in [5.74, 6) is 0.493. The summed E-state index contributed by atoms with van der Waals surface area (Å²) < 4.78 is 1.58. The lowest BCUT2D eigenvalue weighted by Gasteiger charge is -2.16. The van der Waals surface area contributed by atoms with Crippen LogP contribution < -0.4 is 10.6 Å². The number of amides is 2. The summed E-state index contributed by atoms with van der Waals surface area (Å²) >= 11 is 0. The molecule has 1 aromatic heterocycles. The Labute approximate surface area is 105 Å². The van der Waals surface area contributed by atoms with E-state index in [-0.39, 0.29) is 25.0 Å². The van der Waals surface area contributed by atoms with Gasteiger partial charge in [-0.2, -0.15) is 5.10 Å². The molecule has 3 N–H and O–H groups in total. The van der Waals surface area contributed by atoms with Gasteiger partial charge in [-0.15, -0.1) is 12.4 Å². The van der Waals surface area contributed by atoms with Crippen molar-refractivity contribution in [2.45, 2.75) is 0 Å². The molecule has 0 saturated carbocycles. The molecule has 7 nitrogen and oxygen atoms in total. The van der Waals surface area contributed by atoms with Gasteiger partial charge >= 0.3 is 6.03 Å². The van der Waals surface area contributed by atoms with Gasteiger partial charge in [0, 0.05) is 32.9 Å². The van der Waals surface area contributed by atoms with Crippen LogP contribution in [0.15, 0.2) is 6.20 Å². The number of halogens is 1. The number of β-amino-alcohol motifs (C(OH)–C–C–N with tert-alkyl or cyclic N) is 1. The summed E-state index contributed by atoms with van der Waals surface area (Å²) in [4.78, 5) is 15.0. The van der Waals surface area contributed by atoms with Crippen molar-refractivity contribution >= 4 is 29.9 Å². The maximum atomic E-state index is 11.9. The molecule has 2 amide bonds. The lowest BCUT2D eigenvalue weighted by Crippen LogP contribution is -2.34. The number of anilines is 2. The molecule has 2 heterocycles. The van der Waals surface area contributed by atoms with E-state index in [4.69, 9.17) is 10.8 Å². The maximum absolute atomic E-state index is 11.9. The summed E-state index contributed by atoms with van der Waals surface area (Å²) in [5, 5.41) is 12.9. The molecule has 0 aromatic carbocycles. The van der Waals surface area contributed by atoms with Crippen molar-refractivity contribution in [3.8, 4) is 0 Å². The minimum Gasteiger partial charge on any atom is -0.395 e. The second-order valence-electron chi connectivity index (χ2n) is 3.73. The summed E-state index contributed by atoms with van der Waals surface area (Å²) in [6, 6.07) is -0.153. The highest BCUT2D eigenvalue weighted by molar-refractivity contribution is 5.95. The Morgan fingerprint density at radius 1 is 1.53 bits per heavy atom. The van der Waals surface area contributed by atoms with Gasteiger partial charge in [-0.3, -0.25) is 9.58 Å². The van der Waals surface area contributed by atoms with Crippen LogP contribution >= 0.6 is 12.4 Å². The lowest BCUT2D eigenvalue weighted by molar-refractivity contribution is 0.199. The number of aliphatic hydroxyl groups is 1. The van der Waals surface area contributed by atoms with Crippen molar-refractivity contribution in [1.82, 2.24) is 14.7 Å². The minimum absolute atomic E-state index is 0. The van der Waals surface area contributed by atoms with Crippen molar-refractivity contribution in [2.24, 2.45) is 7.05 Å². The van der Waals surface area contributed by atoms with Gasteiger partial charge in [-0.1, -0.05) is 0 Å². The molecule has 0 atom stereocenters. The number of aliphatic hydroxyl groups excluding tert-OH is 1. The molecule has 0 radical (unpaired) electrons. The van der Waals surface area contributed by atoms with Crippen molar-refractivity contribution in [2.75, 3.05) is 36.9 Å². The van der Waals surface area contributed by atoms with Crippen molar-refractivity contribution < 1.29 is 9.90 Å². The Hall–Kier alpha value is -1.47. The maximum Gasteiger partial charge on any atom is 0.325 e. The molecule has 0 aliphatic carbocycles. The number of carbonyl (C=O) groups is 1. The van der Waals surface area contributed by atoms with Crippen LogP contribution in [0.3, 0.4) is 0 Å². The normalized spacial score (nSPS) is 15.3. The summed E-state index contributed by atoms with van der Waals surface area (Å²) in [6.07, 6.45) is 1.66. The standard InChI is InChI=1S/C9H15N5O2.ClH/c1-12-6-7(10)8(11-12)14-3-2-13(4-5-15)9(14)16;/h6,15H,2-5,10H2,1H3;1H. The lowest BCUT2D eigenvalue weighted by atomic mass is 10.5. The van der Waals surface area contributed by atoms with E-state index in [2.05, 4.69) is 5.10 Å². The fourth-order valence-electron chi connectivity index (χ4n) is 1.81. The number of aryl methyl sites for hydroxylation is 1. The second kappa shape index (κ2) is 5.24. The first kappa shape index (κ1) is 13.6. The first-order valence-electron chi connectivity index (χ1n) is 5.10. The van der Waals surface area contributed by atoms with E-state index >= 15 is 0 Å². The first-order chi connectivity index (χ1) is 7.63. The molecule has 0 spiro atoms. The highest BCUT2D eigenvalue weighted by Crippen LogP contribution is 2.24. The predicted octanol–water partition coefficient (Wildman–Crippen LogP) is -0.342. The fraction of sp³-hybridized carbons (Fsp3) is 0.556. The Balaban J connectivity index is 0.00000144. The molecule has 1 fully saturated rings. The molecule has 1 aromatic rings. The molecule has 1 saturated heterocycles. The number of rotatable bonds is 3. The van der Waals surface area contributed by atoms with Gasteiger partial charge in [0.25, 0.3) is 0 Å². The third kappa shape index (κ3) is 2.45. The molecule has 96 valence electrons. The van der Waals surface area contributed by atoms with Crippen LogP contribution in [0.5, 0.6) is 0 Å². The van der Waals surface area contributed by atoms with Crippen LogP contribution in [0.25, 0.3) is 0 Å². The predicted molar refractivity (Wildman–Crippen MR) is 66.3 cm³/mol. The molecule has 0 unspecified atom stereocenters. The van der Waals surface area contributed by atoms with Crippen LogP contribution in [0.1, 0.15) is 0 Å². The molecule has 2 rings (SSSR count). The number of nitrogens with two attached hydrogens (primary N) is 1. The summed E-state index contributed by atoms with van der Waals surface area (Å²) in [5.41, 5.74) is 6.25. The summed E-state index contributed by atoms with van der Waals surface area (Å²) in [6.45, 7) is 1.47. The van der Waals surface area contributed by atoms with Crippen LogP contribution in [-0.4, -0.2) is 52.1 Å². The zero-order valence-corrected chi connectivity index (χ0v) is 10.4.